The van der Waals surface area contributed by atoms with Gasteiger partial charge < -0.3 is 15.8 Å². The number of nitrogens with two attached hydrogens (primary N) is 1. The van der Waals surface area contributed by atoms with E-state index >= 15 is 0 Å². The molecule has 1 heterocycles. The van der Waals surface area contributed by atoms with Crippen molar-refractivity contribution in [1.29, 1.82) is 0 Å². The summed E-state index contributed by atoms with van der Waals surface area (Å²) in [7, 11) is 1.33. The zero-order chi connectivity index (χ0) is 15.2. The number of nitrogens with zero attached hydrogens (tertiary/aromatic N) is 1. The predicted octanol–water partition coefficient (Wildman–Crippen LogP) is 2.49. The van der Waals surface area contributed by atoms with Crippen LogP contribution in [0, 0.1) is 0 Å². The molecule has 1 unspecified atom stereocenters. The number of rotatable bonds is 5. The molecule has 0 radical (unpaired) electrons. The smallest absolute Gasteiger partial charge is 0.340 e. The first-order chi connectivity index (χ1) is 10.1. The Morgan fingerprint density at radius 2 is 2.10 bits per heavy atom. The van der Waals surface area contributed by atoms with Gasteiger partial charge in [-0.3, -0.25) is 0 Å². The van der Waals surface area contributed by atoms with E-state index in [-0.39, 0.29) is 6.04 Å². The van der Waals surface area contributed by atoms with Crippen molar-refractivity contribution in [2.24, 2.45) is 0 Å². The minimum Gasteiger partial charge on any atom is -0.465 e. The number of anilines is 2. The van der Waals surface area contributed by atoms with Crippen molar-refractivity contribution in [2.45, 2.75) is 19.4 Å². The van der Waals surface area contributed by atoms with Gasteiger partial charge in [-0.15, -0.1) is 0 Å². The molecule has 21 heavy (non-hydrogen) atoms. The summed E-state index contributed by atoms with van der Waals surface area (Å²) in [5.41, 5.74) is 7.60. The molecular weight excluding hydrogens is 266 g/mol. The Labute approximate surface area is 124 Å². The van der Waals surface area contributed by atoms with E-state index in [9.17, 15) is 4.79 Å². The molecule has 0 saturated heterocycles. The van der Waals surface area contributed by atoms with Crippen LogP contribution in [0.2, 0.25) is 0 Å². The fraction of sp³-hybridized carbons (Fsp3) is 0.250. The van der Waals surface area contributed by atoms with Gasteiger partial charge in [-0.25, -0.2) is 9.78 Å². The molecule has 0 aliphatic heterocycles. The number of nitrogens with one attached hydrogen (secondary N) is 1. The number of carbonyl (C=O) groups excluding carboxylic acids is 1. The van der Waals surface area contributed by atoms with Crippen molar-refractivity contribution < 1.29 is 9.53 Å². The van der Waals surface area contributed by atoms with E-state index < -0.39 is 5.97 Å². The van der Waals surface area contributed by atoms with Gasteiger partial charge in [-0.2, -0.15) is 0 Å². The van der Waals surface area contributed by atoms with Crippen LogP contribution in [-0.2, 0) is 11.2 Å². The highest BCUT2D eigenvalue weighted by Crippen LogP contribution is 2.17. The normalized spacial score (nSPS) is 11.7. The Kier molecular flexibility index (Phi) is 4.77. The van der Waals surface area contributed by atoms with E-state index in [0.29, 0.717) is 17.1 Å². The van der Waals surface area contributed by atoms with Gasteiger partial charge in [0, 0.05) is 6.04 Å². The van der Waals surface area contributed by atoms with Crippen molar-refractivity contribution in [3.05, 3.63) is 53.7 Å². The van der Waals surface area contributed by atoms with Crippen molar-refractivity contribution in [1.82, 2.24) is 4.98 Å². The number of hydrogen-bond acceptors (Lipinski definition) is 5. The van der Waals surface area contributed by atoms with Crippen molar-refractivity contribution in [2.75, 3.05) is 18.2 Å². The molecule has 0 amide bonds. The third kappa shape index (κ3) is 3.95. The van der Waals surface area contributed by atoms with Crippen LogP contribution in [-0.4, -0.2) is 24.1 Å². The second-order valence-corrected chi connectivity index (χ2v) is 4.88. The summed E-state index contributed by atoms with van der Waals surface area (Å²) in [6.45, 7) is 2.06. The summed E-state index contributed by atoms with van der Waals surface area (Å²) < 4.78 is 4.70. The third-order valence-corrected chi connectivity index (χ3v) is 3.12. The lowest BCUT2D eigenvalue weighted by molar-refractivity contribution is 0.0602. The first kappa shape index (κ1) is 14.8. The number of carbonyl (C=O) groups is 1. The molecule has 3 N–H and O–H groups in total. The second-order valence-electron chi connectivity index (χ2n) is 4.88. The molecule has 1 atom stereocenters. The molecule has 5 heteroatoms. The molecule has 1 aromatic carbocycles. The van der Waals surface area contributed by atoms with Crippen molar-refractivity contribution >= 4 is 17.5 Å². The summed E-state index contributed by atoms with van der Waals surface area (Å²) in [4.78, 5) is 15.8. The second kappa shape index (κ2) is 6.74. The molecule has 0 spiro atoms. The SMILES string of the molecule is COC(=O)c1cc(NC(C)Cc2ccccc2)ncc1N. The molecular formula is C16H19N3O2. The molecule has 0 aliphatic carbocycles. The largest absolute Gasteiger partial charge is 0.465 e. The lowest BCUT2D eigenvalue weighted by atomic mass is 10.1. The minimum absolute atomic E-state index is 0.175. The minimum atomic E-state index is -0.464. The Bertz CT molecular complexity index is 614. The summed E-state index contributed by atoms with van der Waals surface area (Å²) in [6.07, 6.45) is 2.32. The summed E-state index contributed by atoms with van der Waals surface area (Å²) >= 11 is 0. The van der Waals surface area contributed by atoms with Gasteiger partial charge in [0.2, 0.25) is 0 Å². The van der Waals surface area contributed by atoms with E-state index in [1.54, 1.807) is 6.07 Å². The number of methoxy groups -OCH3 is 1. The average Bonchev–Trinajstić information content (AvgIpc) is 2.49. The number of ether oxygens (including phenoxy) is 1. The van der Waals surface area contributed by atoms with Crippen molar-refractivity contribution in [3.8, 4) is 0 Å². The molecule has 2 aromatic rings. The van der Waals surface area contributed by atoms with Crippen LogP contribution in [0.15, 0.2) is 42.6 Å². The van der Waals surface area contributed by atoms with Gasteiger partial charge in [0.25, 0.3) is 0 Å². The van der Waals surface area contributed by atoms with E-state index in [1.165, 1.54) is 18.9 Å². The van der Waals surface area contributed by atoms with E-state index in [0.717, 1.165) is 6.42 Å². The number of aromatic nitrogens is 1. The van der Waals surface area contributed by atoms with Gasteiger partial charge in [0.15, 0.2) is 0 Å². The van der Waals surface area contributed by atoms with Crippen LogP contribution >= 0.6 is 0 Å². The first-order valence-corrected chi connectivity index (χ1v) is 6.74. The fourth-order valence-electron chi connectivity index (χ4n) is 2.10. The average molecular weight is 285 g/mol. The maximum absolute atomic E-state index is 11.6. The van der Waals surface area contributed by atoms with Crippen LogP contribution in [0.25, 0.3) is 0 Å². The highest BCUT2D eigenvalue weighted by molar-refractivity contribution is 5.95. The molecule has 0 bridgehead atoms. The number of pyridine rings is 1. The molecule has 0 fully saturated rings. The van der Waals surface area contributed by atoms with Crippen LogP contribution < -0.4 is 11.1 Å². The van der Waals surface area contributed by atoms with Crippen LogP contribution in [0.3, 0.4) is 0 Å². The number of esters is 1. The maximum atomic E-state index is 11.6. The Balaban J connectivity index is 2.07. The van der Waals surface area contributed by atoms with Crippen LogP contribution in [0.4, 0.5) is 11.5 Å². The Hall–Kier alpha value is -2.56. The topological polar surface area (TPSA) is 77.2 Å². The summed E-state index contributed by atoms with van der Waals surface area (Å²) in [5, 5.41) is 3.26. The lowest BCUT2D eigenvalue weighted by Gasteiger charge is -2.15. The quantitative estimate of drug-likeness (QED) is 0.825. The maximum Gasteiger partial charge on any atom is 0.340 e. The van der Waals surface area contributed by atoms with Crippen LogP contribution in [0.5, 0.6) is 0 Å². The number of hydrogen-bond donors (Lipinski definition) is 2. The number of nitrogen functional groups attached to an aromatic ring is 1. The highest BCUT2D eigenvalue weighted by atomic mass is 16.5. The molecule has 0 saturated carbocycles. The standard InChI is InChI=1S/C16H19N3O2/c1-11(8-12-6-4-3-5-7-12)19-15-9-13(16(20)21-2)14(17)10-18-15/h3-7,9-11H,8,17H2,1-2H3,(H,18,19). The highest BCUT2D eigenvalue weighted by Gasteiger charge is 2.12. The lowest BCUT2D eigenvalue weighted by Crippen LogP contribution is -2.19. The molecule has 2 rings (SSSR count). The van der Waals surface area contributed by atoms with E-state index in [2.05, 4.69) is 29.4 Å². The van der Waals surface area contributed by atoms with Gasteiger partial charge in [0.05, 0.1) is 24.6 Å². The zero-order valence-corrected chi connectivity index (χ0v) is 12.2. The van der Waals surface area contributed by atoms with Gasteiger partial charge in [-0.1, -0.05) is 30.3 Å². The van der Waals surface area contributed by atoms with E-state index in [4.69, 9.17) is 10.5 Å². The summed E-state index contributed by atoms with van der Waals surface area (Å²) in [5.74, 6) is 0.140. The fourth-order valence-corrected chi connectivity index (χ4v) is 2.10. The first-order valence-electron chi connectivity index (χ1n) is 6.74. The van der Waals surface area contributed by atoms with Crippen molar-refractivity contribution in [3.63, 3.8) is 0 Å². The molecule has 110 valence electrons. The van der Waals surface area contributed by atoms with Gasteiger partial charge in [-0.05, 0) is 25.0 Å². The monoisotopic (exact) mass is 285 g/mol. The summed E-state index contributed by atoms with van der Waals surface area (Å²) in [6, 6.07) is 12.0. The zero-order valence-electron chi connectivity index (χ0n) is 12.2. The predicted molar refractivity (Wildman–Crippen MR) is 83.2 cm³/mol. The molecule has 5 nitrogen and oxygen atoms in total. The Morgan fingerprint density at radius 1 is 1.38 bits per heavy atom. The van der Waals surface area contributed by atoms with Crippen LogP contribution in [0.1, 0.15) is 22.8 Å². The van der Waals surface area contributed by atoms with Gasteiger partial charge in [0.1, 0.15) is 5.82 Å². The Morgan fingerprint density at radius 3 is 2.76 bits per heavy atom. The number of benzene rings is 1. The molecule has 0 aliphatic rings. The van der Waals surface area contributed by atoms with E-state index in [1.807, 2.05) is 18.2 Å². The third-order valence-electron chi connectivity index (χ3n) is 3.12. The molecule has 1 aromatic heterocycles. The van der Waals surface area contributed by atoms with Gasteiger partial charge >= 0.3 is 5.97 Å².